The van der Waals surface area contributed by atoms with Crippen LogP contribution in [-0.4, -0.2) is 54.7 Å². The number of carbonyl (C=O) groups is 1. The van der Waals surface area contributed by atoms with E-state index in [0.29, 0.717) is 19.0 Å². The van der Waals surface area contributed by atoms with E-state index in [2.05, 4.69) is 0 Å². The maximum atomic E-state index is 11.7. The molecule has 0 aromatic rings. The van der Waals surface area contributed by atoms with Gasteiger partial charge in [-0.25, -0.2) is 0 Å². The Labute approximate surface area is 101 Å². The Hall–Kier alpha value is -0.260. The van der Waals surface area contributed by atoms with Gasteiger partial charge in [-0.1, -0.05) is 0 Å². The highest BCUT2D eigenvalue weighted by Crippen LogP contribution is 2.24. The summed E-state index contributed by atoms with van der Waals surface area (Å²) in [6.45, 7) is 2.30. The number of ether oxygens (including phenoxy) is 1. The maximum Gasteiger partial charge on any atom is 0.248 e. The summed E-state index contributed by atoms with van der Waals surface area (Å²) in [5.41, 5.74) is 5.58. The second-order valence-corrected chi connectivity index (χ2v) is 5.75. The molecule has 1 unspecified atom stereocenters. The lowest BCUT2D eigenvalue weighted by Gasteiger charge is -2.35. The lowest BCUT2D eigenvalue weighted by atomic mass is 10.0. The molecule has 2 aliphatic heterocycles. The van der Waals surface area contributed by atoms with Crippen molar-refractivity contribution >= 4 is 17.7 Å². The third-order valence-electron chi connectivity index (χ3n) is 3.30. The molecular formula is C11H20N2O2S. The van der Waals surface area contributed by atoms with Crippen LogP contribution >= 0.6 is 11.8 Å². The molecule has 2 aliphatic rings. The number of nitrogens with two attached hydrogens (primary N) is 1. The molecule has 2 saturated heterocycles. The first-order valence-corrected chi connectivity index (χ1v) is 7.12. The van der Waals surface area contributed by atoms with Crippen LogP contribution in [0.25, 0.3) is 0 Å². The molecule has 2 rings (SSSR count). The molecule has 0 aromatic carbocycles. The second-order valence-electron chi connectivity index (χ2n) is 4.52. The molecule has 2 N–H and O–H groups in total. The van der Waals surface area contributed by atoms with Gasteiger partial charge in [0, 0.05) is 19.6 Å². The molecule has 0 spiro atoms. The summed E-state index contributed by atoms with van der Waals surface area (Å²) in [4.78, 5) is 13.6. The van der Waals surface area contributed by atoms with E-state index >= 15 is 0 Å². The molecule has 92 valence electrons. The van der Waals surface area contributed by atoms with Crippen LogP contribution in [0.1, 0.15) is 12.8 Å². The first-order chi connectivity index (χ1) is 7.79. The van der Waals surface area contributed by atoms with Gasteiger partial charge in [0.1, 0.15) is 6.61 Å². The minimum Gasteiger partial charge on any atom is -0.365 e. The fourth-order valence-corrected chi connectivity index (χ4v) is 3.44. The average Bonchev–Trinajstić information content (AvgIpc) is 2.33. The number of thioether (sulfide) groups is 1. The van der Waals surface area contributed by atoms with E-state index in [-0.39, 0.29) is 18.6 Å². The SMILES string of the molecule is NCC1CN(CC2CCSCC2)C(=O)CO1. The first kappa shape index (κ1) is 12.2. The molecule has 0 bridgehead atoms. The molecule has 0 aliphatic carbocycles. The number of hydrogen-bond acceptors (Lipinski definition) is 4. The van der Waals surface area contributed by atoms with Crippen molar-refractivity contribution < 1.29 is 9.53 Å². The van der Waals surface area contributed by atoms with Gasteiger partial charge in [-0.2, -0.15) is 11.8 Å². The van der Waals surface area contributed by atoms with E-state index in [0.717, 1.165) is 6.54 Å². The largest absolute Gasteiger partial charge is 0.365 e. The summed E-state index contributed by atoms with van der Waals surface area (Å²) in [5.74, 6) is 3.29. The standard InChI is InChI=1S/C11H20N2O2S/c12-5-10-7-13(11(14)8-15-10)6-9-1-3-16-4-2-9/h9-10H,1-8,12H2. The smallest absolute Gasteiger partial charge is 0.248 e. The van der Waals surface area contributed by atoms with Gasteiger partial charge in [0.2, 0.25) is 5.91 Å². The molecular weight excluding hydrogens is 224 g/mol. The van der Waals surface area contributed by atoms with Crippen molar-refractivity contribution in [3.05, 3.63) is 0 Å². The van der Waals surface area contributed by atoms with Crippen LogP contribution in [0, 0.1) is 5.92 Å². The van der Waals surface area contributed by atoms with E-state index in [9.17, 15) is 4.79 Å². The van der Waals surface area contributed by atoms with Crippen LogP contribution < -0.4 is 5.73 Å². The minimum absolute atomic E-state index is 0.0377. The summed E-state index contributed by atoms with van der Waals surface area (Å²) in [7, 11) is 0. The Kier molecular flexibility index (Phi) is 4.49. The summed E-state index contributed by atoms with van der Waals surface area (Å²) >= 11 is 2.02. The van der Waals surface area contributed by atoms with Crippen LogP contribution in [0.4, 0.5) is 0 Å². The summed E-state index contributed by atoms with van der Waals surface area (Å²) < 4.78 is 5.34. The van der Waals surface area contributed by atoms with Crippen molar-refractivity contribution in [2.45, 2.75) is 18.9 Å². The average molecular weight is 244 g/mol. The normalized spacial score (nSPS) is 28.4. The molecule has 16 heavy (non-hydrogen) atoms. The second kappa shape index (κ2) is 5.89. The highest BCUT2D eigenvalue weighted by atomic mass is 32.2. The van der Waals surface area contributed by atoms with Gasteiger partial charge in [0.05, 0.1) is 6.10 Å². The maximum absolute atomic E-state index is 11.7. The Balaban J connectivity index is 1.83. The zero-order valence-corrected chi connectivity index (χ0v) is 10.4. The van der Waals surface area contributed by atoms with Gasteiger partial charge in [-0.15, -0.1) is 0 Å². The number of nitrogens with zero attached hydrogens (tertiary/aromatic N) is 1. The van der Waals surface area contributed by atoms with Crippen molar-refractivity contribution in [2.75, 3.05) is 37.7 Å². The zero-order valence-electron chi connectivity index (χ0n) is 9.56. The third-order valence-corrected chi connectivity index (χ3v) is 4.35. The van der Waals surface area contributed by atoms with Crippen molar-refractivity contribution in [3.63, 3.8) is 0 Å². The van der Waals surface area contributed by atoms with Crippen molar-refractivity contribution in [3.8, 4) is 0 Å². The fourth-order valence-electron chi connectivity index (χ4n) is 2.24. The van der Waals surface area contributed by atoms with Gasteiger partial charge < -0.3 is 15.4 Å². The number of rotatable bonds is 3. The van der Waals surface area contributed by atoms with Crippen LogP contribution in [0.15, 0.2) is 0 Å². The van der Waals surface area contributed by atoms with E-state index in [1.165, 1.54) is 24.3 Å². The lowest BCUT2D eigenvalue weighted by Crippen LogP contribution is -2.50. The van der Waals surface area contributed by atoms with Gasteiger partial charge in [-0.3, -0.25) is 4.79 Å². The monoisotopic (exact) mass is 244 g/mol. The molecule has 2 heterocycles. The van der Waals surface area contributed by atoms with Gasteiger partial charge in [0.25, 0.3) is 0 Å². The van der Waals surface area contributed by atoms with Gasteiger partial charge >= 0.3 is 0 Å². The molecule has 0 aromatic heterocycles. The zero-order chi connectivity index (χ0) is 11.4. The summed E-state index contributed by atoms with van der Waals surface area (Å²) in [6, 6.07) is 0. The van der Waals surface area contributed by atoms with Crippen molar-refractivity contribution in [2.24, 2.45) is 11.7 Å². The van der Waals surface area contributed by atoms with Crippen LogP contribution in [0.5, 0.6) is 0 Å². The summed E-state index contributed by atoms with van der Waals surface area (Å²) in [5, 5.41) is 0. The van der Waals surface area contributed by atoms with E-state index in [1.807, 2.05) is 16.7 Å². The highest BCUT2D eigenvalue weighted by Gasteiger charge is 2.27. The van der Waals surface area contributed by atoms with Crippen molar-refractivity contribution in [1.82, 2.24) is 4.90 Å². The number of morpholine rings is 1. The molecule has 0 saturated carbocycles. The van der Waals surface area contributed by atoms with Gasteiger partial charge in [0.15, 0.2) is 0 Å². The van der Waals surface area contributed by atoms with Crippen LogP contribution in [0.2, 0.25) is 0 Å². The predicted octanol–water partition coefficient (Wildman–Crippen LogP) is 0.316. The van der Waals surface area contributed by atoms with E-state index < -0.39 is 0 Å². The third kappa shape index (κ3) is 3.12. The molecule has 1 atom stereocenters. The first-order valence-electron chi connectivity index (χ1n) is 5.96. The Bertz CT molecular complexity index is 244. The Morgan fingerprint density at radius 1 is 1.44 bits per heavy atom. The highest BCUT2D eigenvalue weighted by molar-refractivity contribution is 7.99. The summed E-state index contributed by atoms with van der Waals surface area (Å²) in [6.07, 6.45) is 2.52. The fraction of sp³-hybridized carbons (Fsp3) is 0.909. The molecule has 5 heteroatoms. The predicted molar refractivity (Wildman–Crippen MR) is 65.4 cm³/mol. The lowest BCUT2D eigenvalue weighted by molar-refractivity contribution is -0.149. The van der Waals surface area contributed by atoms with Crippen LogP contribution in [0.3, 0.4) is 0 Å². The van der Waals surface area contributed by atoms with Gasteiger partial charge in [-0.05, 0) is 30.3 Å². The van der Waals surface area contributed by atoms with E-state index in [4.69, 9.17) is 10.5 Å². The Morgan fingerprint density at radius 3 is 2.88 bits per heavy atom. The Morgan fingerprint density at radius 2 is 2.19 bits per heavy atom. The molecule has 0 radical (unpaired) electrons. The van der Waals surface area contributed by atoms with E-state index in [1.54, 1.807) is 0 Å². The quantitative estimate of drug-likeness (QED) is 0.776. The topological polar surface area (TPSA) is 55.6 Å². The number of amides is 1. The van der Waals surface area contributed by atoms with Crippen molar-refractivity contribution in [1.29, 1.82) is 0 Å². The number of hydrogen-bond donors (Lipinski definition) is 1. The molecule has 4 nitrogen and oxygen atoms in total. The van der Waals surface area contributed by atoms with Crippen LogP contribution in [-0.2, 0) is 9.53 Å². The molecule has 2 fully saturated rings. The number of carbonyl (C=O) groups excluding carboxylic acids is 1. The molecule has 1 amide bonds. The minimum atomic E-state index is 0.0377.